The van der Waals surface area contributed by atoms with Crippen LogP contribution >= 0.6 is 27.7 Å². The van der Waals surface area contributed by atoms with Gasteiger partial charge >= 0.3 is 0 Å². The van der Waals surface area contributed by atoms with Crippen LogP contribution in [0, 0.1) is 0 Å². The van der Waals surface area contributed by atoms with Gasteiger partial charge in [0.15, 0.2) is 0 Å². The van der Waals surface area contributed by atoms with Gasteiger partial charge in [0.25, 0.3) is 5.91 Å². The number of thioether (sulfide) groups is 1. The molecule has 0 aliphatic carbocycles. The minimum absolute atomic E-state index is 0.0207. The van der Waals surface area contributed by atoms with Gasteiger partial charge in [-0.1, -0.05) is 0 Å². The third-order valence-corrected chi connectivity index (χ3v) is 3.75. The fourth-order valence-corrected chi connectivity index (χ4v) is 2.36. The number of hydrogen-bond donors (Lipinski definition) is 0. The quantitative estimate of drug-likeness (QED) is 0.837. The van der Waals surface area contributed by atoms with Crippen LogP contribution in [0.1, 0.15) is 23.7 Å². The molecule has 94 valence electrons. The monoisotopic (exact) mass is 316 g/mol. The van der Waals surface area contributed by atoms with E-state index in [0.29, 0.717) is 5.56 Å². The summed E-state index contributed by atoms with van der Waals surface area (Å²) in [6.07, 6.45) is 6.36. The van der Waals surface area contributed by atoms with E-state index in [4.69, 9.17) is 0 Å². The van der Waals surface area contributed by atoms with Gasteiger partial charge in [0, 0.05) is 30.0 Å². The Morgan fingerprint density at radius 2 is 2.29 bits per heavy atom. The fraction of sp³-hybridized carbons (Fsp3) is 0.500. The molecular weight excluding hydrogens is 300 g/mol. The smallest absolute Gasteiger partial charge is 0.255 e. The van der Waals surface area contributed by atoms with E-state index in [1.807, 2.05) is 7.05 Å². The molecule has 0 radical (unpaired) electrons. The summed E-state index contributed by atoms with van der Waals surface area (Å²) < 4.78 is 0.827. The summed E-state index contributed by atoms with van der Waals surface area (Å²) in [5, 5.41) is 0. The normalized spacial score (nSPS) is 12.2. The molecule has 1 heterocycles. The number of halogens is 1. The number of hydrogen-bond acceptors (Lipinski definition) is 3. The summed E-state index contributed by atoms with van der Waals surface area (Å²) in [5.74, 6) is 1.09. The molecule has 1 atom stereocenters. The second-order valence-electron chi connectivity index (χ2n) is 3.94. The van der Waals surface area contributed by atoms with Gasteiger partial charge in [-0.25, -0.2) is 0 Å². The van der Waals surface area contributed by atoms with E-state index in [2.05, 4.69) is 34.1 Å². The van der Waals surface area contributed by atoms with Crippen molar-refractivity contribution in [3.8, 4) is 0 Å². The topological polar surface area (TPSA) is 33.2 Å². The van der Waals surface area contributed by atoms with Gasteiger partial charge < -0.3 is 4.90 Å². The summed E-state index contributed by atoms with van der Waals surface area (Å²) >= 11 is 5.12. The first kappa shape index (κ1) is 14.5. The molecular formula is C12H17BrN2OS. The fourth-order valence-electron chi connectivity index (χ4n) is 1.41. The van der Waals surface area contributed by atoms with Gasteiger partial charge in [-0.05, 0) is 47.3 Å². The lowest BCUT2D eigenvalue weighted by Gasteiger charge is -2.24. The molecule has 0 aliphatic heterocycles. The molecule has 1 rings (SSSR count). The summed E-state index contributed by atoms with van der Waals surface area (Å²) in [4.78, 5) is 17.9. The average Bonchev–Trinajstić information content (AvgIpc) is 2.34. The highest BCUT2D eigenvalue weighted by atomic mass is 79.9. The van der Waals surface area contributed by atoms with Gasteiger partial charge in [-0.15, -0.1) is 0 Å². The summed E-state index contributed by atoms with van der Waals surface area (Å²) in [7, 11) is 1.84. The Hall–Kier alpha value is -0.550. The maximum atomic E-state index is 12.2. The largest absolute Gasteiger partial charge is 0.339 e. The Morgan fingerprint density at radius 1 is 1.59 bits per heavy atom. The zero-order valence-corrected chi connectivity index (χ0v) is 12.7. The van der Waals surface area contributed by atoms with Crippen molar-refractivity contribution in [2.24, 2.45) is 0 Å². The minimum atomic E-state index is 0.0207. The molecule has 5 heteroatoms. The molecule has 1 unspecified atom stereocenters. The molecule has 0 saturated heterocycles. The lowest BCUT2D eigenvalue weighted by Crippen LogP contribution is -2.35. The van der Waals surface area contributed by atoms with Gasteiger partial charge in [-0.3, -0.25) is 9.78 Å². The van der Waals surface area contributed by atoms with Crippen LogP contribution in [0.5, 0.6) is 0 Å². The van der Waals surface area contributed by atoms with E-state index in [-0.39, 0.29) is 11.9 Å². The number of carbonyl (C=O) groups is 1. The maximum absolute atomic E-state index is 12.2. The highest BCUT2D eigenvalue weighted by molar-refractivity contribution is 9.10. The molecule has 0 aromatic carbocycles. The first-order valence-electron chi connectivity index (χ1n) is 5.43. The van der Waals surface area contributed by atoms with Crippen LogP contribution in [-0.2, 0) is 0 Å². The van der Waals surface area contributed by atoms with Crippen LogP contribution in [0.15, 0.2) is 22.9 Å². The van der Waals surface area contributed by atoms with Gasteiger partial charge in [0.2, 0.25) is 0 Å². The highest BCUT2D eigenvalue weighted by Crippen LogP contribution is 2.14. The van der Waals surface area contributed by atoms with Crippen molar-refractivity contribution in [3.63, 3.8) is 0 Å². The molecule has 0 bridgehead atoms. The minimum Gasteiger partial charge on any atom is -0.339 e. The maximum Gasteiger partial charge on any atom is 0.255 e. The van der Waals surface area contributed by atoms with Crippen molar-refractivity contribution in [1.82, 2.24) is 9.88 Å². The zero-order chi connectivity index (χ0) is 12.8. The van der Waals surface area contributed by atoms with Crippen molar-refractivity contribution in [3.05, 3.63) is 28.5 Å². The van der Waals surface area contributed by atoms with E-state index >= 15 is 0 Å². The number of nitrogens with zero attached hydrogens (tertiary/aromatic N) is 2. The number of amides is 1. The first-order valence-corrected chi connectivity index (χ1v) is 7.61. The van der Waals surface area contributed by atoms with Gasteiger partial charge in [0.05, 0.1) is 5.56 Å². The second kappa shape index (κ2) is 7.01. The Kier molecular flexibility index (Phi) is 5.98. The zero-order valence-electron chi connectivity index (χ0n) is 10.3. The molecule has 1 amide bonds. The third-order valence-electron chi connectivity index (χ3n) is 2.67. The summed E-state index contributed by atoms with van der Waals surface area (Å²) in [6.45, 7) is 2.07. The van der Waals surface area contributed by atoms with Crippen molar-refractivity contribution in [2.75, 3.05) is 19.1 Å². The van der Waals surface area contributed by atoms with Crippen LogP contribution in [0.25, 0.3) is 0 Å². The molecule has 3 nitrogen and oxygen atoms in total. The number of pyridine rings is 1. The van der Waals surface area contributed by atoms with Crippen LogP contribution in [0.2, 0.25) is 0 Å². The van der Waals surface area contributed by atoms with Crippen molar-refractivity contribution in [2.45, 2.75) is 19.4 Å². The van der Waals surface area contributed by atoms with E-state index in [0.717, 1.165) is 16.6 Å². The molecule has 0 spiro atoms. The van der Waals surface area contributed by atoms with Crippen molar-refractivity contribution < 1.29 is 4.79 Å². The standard InChI is InChI=1S/C12H17BrN2OS/c1-9(4-5-17-3)15(2)12(16)10-6-11(13)8-14-7-10/h6-9H,4-5H2,1-3H3. The Morgan fingerprint density at radius 3 is 2.88 bits per heavy atom. The predicted octanol–water partition coefficient (Wildman–Crippen LogP) is 3.06. The molecule has 0 N–H and O–H groups in total. The van der Waals surface area contributed by atoms with Crippen molar-refractivity contribution in [1.29, 1.82) is 0 Å². The molecule has 0 aliphatic rings. The van der Waals surface area contributed by atoms with E-state index in [9.17, 15) is 4.79 Å². The molecule has 17 heavy (non-hydrogen) atoms. The average molecular weight is 317 g/mol. The van der Waals surface area contributed by atoms with Gasteiger partial charge in [0.1, 0.15) is 0 Å². The summed E-state index contributed by atoms with van der Waals surface area (Å²) in [5.41, 5.74) is 0.623. The lowest BCUT2D eigenvalue weighted by molar-refractivity contribution is 0.0741. The molecule has 0 saturated carbocycles. The van der Waals surface area contributed by atoms with Gasteiger partial charge in [-0.2, -0.15) is 11.8 Å². The molecule has 0 fully saturated rings. The lowest BCUT2D eigenvalue weighted by atomic mass is 10.2. The molecule has 1 aromatic rings. The van der Waals surface area contributed by atoms with Crippen LogP contribution < -0.4 is 0 Å². The van der Waals surface area contributed by atoms with Crippen LogP contribution in [0.3, 0.4) is 0 Å². The highest BCUT2D eigenvalue weighted by Gasteiger charge is 2.17. The molecule has 1 aromatic heterocycles. The Bertz CT molecular complexity index is 387. The predicted molar refractivity (Wildman–Crippen MR) is 76.5 cm³/mol. The number of aromatic nitrogens is 1. The Balaban J connectivity index is 2.69. The van der Waals surface area contributed by atoms with Crippen molar-refractivity contribution >= 4 is 33.6 Å². The second-order valence-corrected chi connectivity index (χ2v) is 5.84. The Labute approximate surface area is 115 Å². The van der Waals surface area contributed by atoms with E-state index in [1.165, 1.54) is 0 Å². The van der Waals surface area contributed by atoms with Crippen LogP contribution in [0.4, 0.5) is 0 Å². The van der Waals surface area contributed by atoms with E-state index in [1.54, 1.807) is 35.1 Å². The number of rotatable bonds is 5. The number of carbonyl (C=O) groups excluding carboxylic acids is 1. The SMILES string of the molecule is CSCCC(C)N(C)C(=O)c1cncc(Br)c1. The van der Waals surface area contributed by atoms with Crippen LogP contribution in [-0.4, -0.2) is 40.9 Å². The third kappa shape index (κ3) is 4.32. The summed E-state index contributed by atoms with van der Waals surface area (Å²) in [6, 6.07) is 2.04. The first-order chi connectivity index (χ1) is 8.06. The van der Waals surface area contributed by atoms with E-state index < -0.39 is 0 Å².